The molecule has 0 saturated heterocycles. The molecule has 0 unspecified atom stereocenters. The quantitative estimate of drug-likeness (QED) is 0.337. The summed E-state index contributed by atoms with van der Waals surface area (Å²) in [5.41, 5.74) is 1.85. The van der Waals surface area contributed by atoms with Crippen molar-refractivity contribution in [2.75, 3.05) is 11.5 Å². The van der Waals surface area contributed by atoms with E-state index >= 15 is 0 Å². The van der Waals surface area contributed by atoms with Crippen molar-refractivity contribution in [3.63, 3.8) is 0 Å². The minimum absolute atomic E-state index is 0.193. The normalized spacial score (nSPS) is 11.6. The molecule has 7 nitrogen and oxygen atoms in total. The fraction of sp³-hybridized carbons (Fsp3) is 0.240. The first-order chi connectivity index (χ1) is 16.3. The predicted octanol–water partition coefficient (Wildman–Crippen LogP) is 5.12. The molecule has 176 valence electrons. The minimum Gasteiger partial charge on any atom is -0.494 e. The summed E-state index contributed by atoms with van der Waals surface area (Å²) in [5, 5.41) is -0.0165. The van der Waals surface area contributed by atoms with Crippen LogP contribution in [0.4, 0.5) is 5.13 Å². The van der Waals surface area contributed by atoms with Gasteiger partial charge in [-0.05, 0) is 75.4 Å². The van der Waals surface area contributed by atoms with Crippen LogP contribution in [0, 0.1) is 0 Å². The summed E-state index contributed by atoms with van der Waals surface area (Å²) in [6.07, 6.45) is 1.68. The lowest BCUT2D eigenvalue weighted by Crippen LogP contribution is -2.30. The maximum Gasteiger partial charge on any atom is 0.260 e. The van der Waals surface area contributed by atoms with Crippen LogP contribution in [-0.4, -0.2) is 36.1 Å². The number of rotatable bonds is 8. The number of carbonyl (C=O) groups excluding carboxylic acids is 1. The zero-order valence-corrected chi connectivity index (χ0v) is 20.8. The Morgan fingerprint density at radius 2 is 1.85 bits per heavy atom. The summed E-state index contributed by atoms with van der Waals surface area (Å²) in [6.45, 7) is 5.97. The van der Waals surface area contributed by atoms with Crippen molar-refractivity contribution in [1.29, 1.82) is 0 Å². The van der Waals surface area contributed by atoms with Crippen LogP contribution in [0.1, 0.15) is 36.8 Å². The Labute approximate surface area is 203 Å². The SMILES string of the molecule is CCOc1ccc2nc(N(Cc3ccccn3)C(=O)c3ccc(S(=O)(=O)C(C)C)cc3)sc2c1. The number of carbonyl (C=O) groups is 1. The molecular weight excluding hydrogens is 470 g/mol. The summed E-state index contributed by atoms with van der Waals surface area (Å²) < 4.78 is 31.4. The molecule has 9 heteroatoms. The molecule has 0 aliphatic carbocycles. The van der Waals surface area contributed by atoms with Gasteiger partial charge in [0, 0.05) is 11.8 Å². The number of ether oxygens (including phenoxy) is 1. The van der Waals surface area contributed by atoms with E-state index in [1.807, 2.05) is 43.3 Å². The van der Waals surface area contributed by atoms with E-state index in [1.54, 1.807) is 37.1 Å². The maximum atomic E-state index is 13.6. The van der Waals surface area contributed by atoms with Gasteiger partial charge < -0.3 is 4.74 Å². The van der Waals surface area contributed by atoms with E-state index in [1.165, 1.54) is 23.5 Å². The summed E-state index contributed by atoms with van der Waals surface area (Å²) in [4.78, 5) is 24.4. The highest BCUT2D eigenvalue weighted by Crippen LogP contribution is 2.33. The molecule has 2 heterocycles. The van der Waals surface area contributed by atoms with Crippen LogP contribution in [0.15, 0.2) is 71.8 Å². The average molecular weight is 496 g/mol. The largest absolute Gasteiger partial charge is 0.494 e. The lowest BCUT2D eigenvalue weighted by molar-refractivity contribution is 0.0984. The Morgan fingerprint density at radius 3 is 2.50 bits per heavy atom. The molecule has 2 aromatic carbocycles. The van der Waals surface area contributed by atoms with E-state index in [2.05, 4.69) is 9.97 Å². The topological polar surface area (TPSA) is 89.5 Å². The number of aromatic nitrogens is 2. The molecule has 4 rings (SSSR count). The minimum atomic E-state index is -3.42. The zero-order chi connectivity index (χ0) is 24.3. The van der Waals surface area contributed by atoms with Gasteiger partial charge in [-0.15, -0.1) is 0 Å². The Bertz CT molecular complexity index is 1400. The lowest BCUT2D eigenvalue weighted by Gasteiger charge is -2.20. The van der Waals surface area contributed by atoms with Crippen molar-refractivity contribution < 1.29 is 17.9 Å². The van der Waals surface area contributed by atoms with Crippen LogP contribution in [-0.2, 0) is 16.4 Å². The number of benzene rings is 2. The van der Waals surface area contributed by atoms with E-state index in [-0.39, 0.29) is 17.3 Å². The molecule has 0 aliphatic heterocycles. The Hall–Kier alpha value is -3.30. The Balaban J connectivity index is 1.71. The van der Waals surface area contributed by atoms with Gasteiger partial charge in [-0.2, -0.15) is 0 Å². The number of amides is 1. The van der Waals surface area contributed by atoms with Gasteiger partial charge >= 0.3 is 0 Å². The second-order valence-electron chi connectivity index (χ2n) is 7.89. The molecule has 0 saturated carbocycles. The predicted molar refractivity (Wildman–Crippen MR) is 134 cm³/mol. The second kappa shape index (κ2) is 9.90. The van der Waals surface area contributed by atoms with Crippen molar-refractivity contribution in [2.45, 2.75) is 37.5 Å². The van der Waals surface area contributed by atoms with Gasteiger partial charge in [0.15, 0.2) is 15.0 Å². The van der Waals surface area contributed by atoms with Crippen molar-refractivity contribution in [3.8, 4) is 5.75 Å². The third-order valence-electron chi connectivity index (χ3n) is 5.23. The van der Waals surface area contributed by atoms with Crippen LogP contribution >= 0.6 is 11.3 Å². The Kier molecular flexibility index (Phi) is 6.95. The van der Waals surface area contributed by atoms with Gasteiger partial charge in [0.1, 0.15) is 5.75 Å². The van der Waals surface area contributed by atoms with Gasteiger partial charge in [0.2, 0.25) is 0 Å². The fourth-order valence-electron chi connectivity index (χ4n) is 3.36. The Morgan fingerprint density at radius 1 is 1.09 bits per heavy atom. The third-order valence-corrected chi connectivity index (χ3v) is 8.44. The number of nitrogens with zero attached hydrogens (tertiary/aromatic N) is 3. The number of fused-ring (bicyclic) bond motifs is 1. The van der Waals surface area contributed by atoms with E-state index in [9.17, 15) is 13.2 Å². The molecule has 0 N–H and O–H groups in total. The first-order valence-electron chi connectivity index (χ1n) is 10.9. The first-order valence-corrected chi connectivity index (χ1v) is 13.2. The van der Waals surface area contributed by atoms with E-state index < -0.39 is 15.1 Å². The molecule has 0 radical (unpaired) electrons. The van der Waals surface area contributed by atoms with Gasteiger partial charge in [-0.25, -0.2) is 13.4 Å². The molecule has 0 aliphatic rings. The van der Waals surface area contributed by atoms with Crippen molar-refractivity contribution in [1.82, 2.24) is 9.97 Å². The lowest BCUT2D eigenvalue weighted by atomic mass is 10.2. The van der Waals surface area contributed by atoms with Gasteiger partial charge in [-0.3, -0.25) is 14.7 Å². The van der Waals surface area contributed by atoms with E-state index in [0.29, 0.717) is 23.0 Å². The monoisotopic (exact) mass is 495 g/mol. The summed E-state index contributed by atoms with van der Waals surface area (Å²) in [5.74, 6) is 0.456. The summed E-state index contributed by atoms with van der Waals surface area (Å²) in [7, 11) is -3.42. The molecule has 0 fully saturated rings. The standard InChI is InChI=1S/C25H25N3O4S2/c1-4-32-20-10-13-22-23(15-20)33-25(27-22)28(16-19-7-5-6-14-26-19)24(29)18-8-11-21(12-9-18)34(30,31)17(2)3/h5-15,17H,4,16H2,1-3H3. The first kappa shape index (κ1) is 23.8. The number of hydrogen-bond acceptors (Lipinski definition) is 7. The molecular formula is C25H25N3O4S2. The van der Waals surface area contributed by atoms with Gasteiger partial charge in [0.25, 0.3) is 5.91 Å². The highest BCUT2D eigenvalue weighted by molar-refractivity contribution is 7.92. The fourth-order valence-corrected chi connectivity index (χ4v) is 5.41. The van der Waals surface area contributed by atoms with Crippen molar-refractivity contribution >= 4 is 42.4 Å². The van der Waals surface area contributed by atoms with Crippen LogP contribution in [0.2, 0.25) is 0 Å². The van der Waals surface area contributed by atoms with Crippen LogP contribution in [0.25, 0.3) is 10.2 Å². The molecule has 0 bridgehead atoms. The van der Waals surface area contributed by atoms with Crippen LogP contribution in [0.5, 0.6) is 5.75 Å². The van der Waals surface area contributed by atoms with E-state index in [0.717, 1.165) is 16.0 Å². The van der Waals surface area contributed by atoms with Crippen molar-refractivity contribution in [3.05, 3.63) is 78.1 Å². The number of hydrogen-bond donors (Lipinski definition) is 0. The highest BCUT2D eigenvalue weighted by Gasteiger charge is 2.24. The summed E-state index contributed by atoms with van der Waals surface area (Å²) >= 11 is 1.39. The zero-order valence-electron chi connectivity index (χ0n) is 19.1. The van der Waals surface area contributed by atoms with Crippen LogP contribution < -0.4 is 9.64 Å². The van der Waals surface area contributed by atoms with E-state index in [4.69, 9.17) is 4.74 Å². The van der Waals surface area contributed by atoms with Gasteiger partial charge in [0.05, 0.1) is 39.2 Å². The number of sulfone groups is 1. The molecule has 1 amide bonds. The molecule has 4 aromatic rings. The smallest absolute Gasteiger partial charge is 0.260 e. The maximum absolute atomic E-state index is 13.6. The average Bonchev–Trinajstić information content (AvgIpc) is 3.26. The number of thiazole rings is 1. The third kappa shape index (κ3) is 4.95. The molecule has 0 spiro atoms. The highest BCUT2D eigenvalue weighted by atomic mass is 32.2. The molecule has 34 heavy (non-hydrogen) atoms. The number of pyridine rings is 1. The van der Waals surface area contributed by atoms with Crippen LogP contribution in [0.3, 0.4) is 0 Å². The van der Waals surface area contributed by atoms with Crippen molar-refractivity contribution in [2.24, 2.45) is 0 Å². The number of anilines is 1. The second-order valence-corrected chi connectivity index (χ2v) is 11.4. The van der Waals surface area contributed by atoms with Gasteiger partial charge in [-0.1, -0.05) is 17.4 Å². The molecule has 2 aromatic heterocycles. The summed E-state index contributed by atoms with van der Waals surface area (Å²) in [6, 6.07) is 17.2. The molecule has 0 atom stereocenters.